The van der Waals surface area contributed by atoms with Crippen LogP contribution in [-0.4, -0.2) is 37.2 Å². The van der Waals surface area contributed by atoms with Gasteiger partial charge in [-0.05, 0) is 96.3 Å². The monoisotopic (exact) mass is 1090 g/mol. The van der Waals surface area contributed by atoms with Crippen molar-refractivity contribution in [3.63, 3.8) is 0 Å². The summed E-state index contributed by atoms with van der Waals surface area (Å²) in [6.45, 7) is 6.34. The molecule has 0 aliphatic heterocycles. The number of esters is 3. The predicted octanol–water partition coefficient (Wildman–Crippen LogP) is 22.5. The van der Waals surface area contributed by atoms with Crippen molar-refractivity contribution in [2.24, 2.45) is 0 Å². The molecule has 0 radical (unpaired) electrons. The van der Waals surface area contributed by atoms with Gasteiger partial charge < -0.3 is 14.2 Å². The van der Waals surface area contributed by atoms with Crippen LogP contribution in [0.1, 0.15) is 290 Å². The van der Waals surface area contributed by atoms with E-state index < -0.39 is 12.1 Å². The Hall–Kier alpha value is -4.45. The summed E-state index contributed by atoms with van der Waals surface area (Å²) in [5.74, 6) is -1.05. The molecule has 0 aliphatic carbocycles. The molecule has 0 saturated carbocycles. The van der Waals surface area contributed by atoms with Gasteiger partial charge in [-0.25, -0.2) is 0 Å². The van der Waals surface area contributed by atoms with E-state index in [9.17, 15) is 14.4 Å². The summed E-state index contributed by atoms with van der Waals surface area (Å²) in [5.41, 5.74) is 0. The number of carbonyl (C=O) groups is 3. The topological polar surface area (TPSA) is 78.9 Å². The zero-order valence-electron chi connectivity index (χ0n) is 51.3. The van der Waals surface area contributed by atoms with Gasteiger partial charge in [-0.3, -0.25) is 14.4 Å². The standard InChI is InChI=1S/C73H120O6/c1-4-7-10-13-16-19-22-25-28-30-32-33-34-35-36-37-38-39-41-42-45-48-51-54-57-60-63-66-72(75)78-69-70(68-77-71(74)65-62-59-56-53-50-47-44-27-24-21-18-15-12-9-6-3)79-73(76)67-64-61-58-55-52-49-46-43-40-31-29-26-23-20-17-14-11-8-5-2/h7,9-10,12,16,18-19,21,25,27-28,32-33,35-36,38-39,44,50,53,59,62,70H,4-6,8,11,13-15,17,20,22-24,26,29-31,34,37,40-43,45-49,51-52,54-58,60-61,63-69H2,1-3H3/b10-7-,12-9-,19-16-,21-18-,28-25-,33-32-,36-35-,39-38-,44-27-,53-50-,62-59-. The van der Waals surface area contributed by atoms with Crippen molar-refractivity contribution in [1.82, 2.24) is 0 Å². The van der Waals surface area contributed by atoms with Crippen LogP contribution in [0.5, 0.6) is 0 Å². The fourth-order valence-electron chi connectivity index (χ4n) is 8.87. The number of hydrogen-bond acceptors (Lipinski definition) is 6. The molecule has 0 aliphatic rings. The second-order valence-electron chi connectivity index (χ2n) is 21.3. The smallest absolute Gasteiger partial charge is 0.309 e. The van der Waals surface area contributed by atoms with Gasteiger partial charge in [0.1, 0.15) is 13.2 Å². The van der Waals surface area contributed by atoms with E-state index in [1.54, 1.807) is 6.08 Å². The molecule has 448 valence electrons. The minimum Gasteiger partial charge on any atom is -0.462 e. The Bertz CT molecular complexity index is 1680. The Labute approximate surface area is 487 Å². The van der Waals surface area contributed by atoms with E-state index in [0.29, 0.717) is 12.8 Å². The number of hydrogen-bond donors (Lipinski definition) is 0. The van der Waals surface area contributed by atoms with E-state index in [1.807, 2.05) is 6.08 Å². The third-order valence-electron chi connectivity index (χ3n) is 13.7. The summed E-state index contributed by atoms with van der Waals surface area (Å²) >= 11 is 0. The highest BCUT2D eigenvalue weighted by Gasteiger charge is 2.19. The van der Waals surface area contributed by atoms with Gasteiger partial charge in [0.05, 0.1) is 6.42 Å². The Morgan fingerprint density at radius 3 is 0.886 bits per heavy atom. The Kier molecular flexibility index (Phi) is 62.3. The van der Waals surface area contributed by atoms with Gasteiger partial charge in [0.25, 0.3) is 0 Å². The highest BCUT2D eigenvalue weighted by molar-refractivity contribution is 5.72. The molecule has 0 rings (SSSR count). The number of ether oxygens (including phenoxy) is 3. The first kappa shape index (κ1) is 74.5. The van der Waals surface area contributed by atoms with Crippen molar-refractivity contribution < 1.29 is 28.6 Å². The maximum Gasteiger partial charge on any atom is 0.309 e. The first-order valence-electron chi connectivity index (χ1n) is 32.7. The molecule has 0 saturated heterocycles. The lowest BCUT2D eigenvalue weighted by Crippen LogP contribution is -2.30. The van der Waals surface area contributed by atoms with Gasteiger partial charge >= 0.3 is 17.9 Å². The lowest BCUT2D eigenvalue weighted by atomic mass is 10.0. The fraction of sp³-hybridized carbons (Fsp3) is 0.658. The molecule has 1 atom stereocenters. The molecule has 0 N–H and O–H groups in total. The Morgan fingerprint density at radius 2 is 0.544 bits per heavy atom. The van der Waals surface area contributed by atoms with Crippen LogP contribution in [-0.2, 0) is 28.6 Å². The molecule has 6 heteroatoms. The zero-order valence-corrected chi connectivity index (χ0v) is 51.3. The molecule has 0 aromatic rings. The summed E-state index contributed by atoms with van der Waals surface area (Å²) < 4.78 is 16.8. The van der Waals surface area contributed by atoms with Crippen molar-refractivity contribution in [2.45, 2.75) is 297 Å². The van der Waals surface area contributed by atoms with Gasteiger partial charge in [-0.15, -0.1) is 0 Å². The lowest BCUT2D eigenvalue weighted by molar-refractivity contribution is -0.166. The van der Waals surface area contributed by atoms with E-state index in [2.05, 4.69) is 142 Å². The van der Waals surface area contributed by atoms with Gasteiger partial charge in [0.15, 0.2) is 6.10 Å². The maximum atomic E-state index is 12.9. The molecule has 0 bridgehead atoms. The predicted molar refractivity (Wildman–Crippen MR) is 343 cm³/mol. The second-order valence-corrected chi connectivity index (χ2v) is 21.3. The van der Waals surface area contributed by atoms with Crippen molar-refractivity contribution in [2.75, 3.05) is 13.2 Å². The van der Waals surface area contributed by atoms with E-state index in [0.717, 1.165) is 116 Å². The van der Waals surface area contributed by atoms with Crippen LogP contribution < -0.4 is 0 Å². The fourth-order valence-corrected chi connectivity index (χ4v) is 8.87. The van der Waals surface area contributed by atoms with Crippen LogP contribution in [0.25, 0.3) is 0 Å². The molecule has 79 heavy (non-hydrogen) atoms. The first-order chi connectivity index (χ1) is 39.0. The van der Waals surface area contributed by atoms with Crippen LogP contribution in [0, 0.1) is 0 Å². The van der Waals surface area contributed by atoms with Crippen molar-refractivity contribution in [3.05, 3.63) is 134 Å². The van der Waals surface area contributed by atoms with Crippen LogP contribution in [0.2, 0.25) is 0 Å². The van der Waals surface area contributed by atoms with Crippen LogP contribution >= 0.6 is 0 Å². The SMILES string of the molecule is CC/C=C\C/C=C\C/C=C\C/C=C\C/C=C\C/C=C\CCCCCCCCCCC(=O)OCC(COC(=O)C/C=C\C/C=C\C/C=C\C/C=C\C/C=C\CC)OC(=O)CCCCCCCCCCCCCCCCCCCCC. The van der Waals surface area contributed by atoms with Gasteiger partial charge in [0.2, 0.25) is 0 Å². The minimum absolute atomic E-state index is 0.114. The van der Waals surface area contributed by atoms with Crippen LogP contribution in [0.4, 0.5) is 0 Å². The first-order valence-corrected chi connectivity index (χ1v) is 32.7. The molecule has 0 aromatic carbocycles. The lowest BCUT2D eigenvalue weighted by Gasteiger charge is -2.18. The molecule has 1 unspecified atom stereocenters. The van der Waals surface area contributed by atoms with E-state index >= 15 is 0 Å². The third kappa shape index (κ3) is 64.3. The molecule has 0 spiro atoms. The minimum atomic E-state index is -0.826. The van der Waals surface area contributed by atoms with E-state index in [-0.39, 0.29) is 31.6 Å². The van der Waals surface area contributed by atoms with Crippen LogP contribution in [0.3, 0.4) is 0 Å². The number of rotatable bonds is 58. The second kappa shape index (κ2) is 66.1. The van der Waals surface area contributed by atoms with Gasteiger partial charge in [-0.2, -0.15) is 0 Å². The Morgan fingerprint density at radius 1 is 0.278 bits per heavy atom. The summed E-state index contributed by atoms with van der Waals surface area (Å²) in [6, 6.07) is 0. The molecular formula is C73H120O6. The van der Waals surface area contributed by atoms with Crippen molar-refractivity contribution in [3.8, 4) is 0 Å². The number of unbranched alkanes of at least 4 members (excludes halogenated alkanes) is 26. The van der Waals surface area contributed by atoms with E-state index in [4.69, 9.17) is 14.2 Å². The van der Waals surface area contributed by atoms with Crippen molar-refractivity contribution >= 4 is 17.9 Å². The molecule has 0 aromatic heterocycles. The molecule has 0 fully saturated rings. The molecule has 0 heterocycles. The third-order valence-corrected chi connectivity index (χ3v) is 13.7. The summed E-state index contributed by atoms with van der Waals surface area (Å²) in [5, 5.41) is 0. The average Bonchev–Trinajstić information content (AvgIpc) is 3.45. The summed E-state index contributed by atoms with van der Waals surface area (Å²) in [4.78, 5) is 38.3. The quantitative estimate of drug-likeness (QED) is 0.0261. The van der Waals surface area contributed by atoms with Crippen molar-refractivity contribution in [1.29, 1.82) is 0 Å². The molecular weight excluding hydrogens is 973 g/mol. The normalized spacial score (nSPS) is 13.0. The number of carbonyl (C=O) groups excluding carboxylic acids is 3. The Balaban J connectivity index is 4.42. The van der Waals surface area contributed by atoms with E-state index in [1.165, 1.54) is 135 Å². The average molecular weight is 1090 g/mol. The highest BCUT2D eigenvalue weighted by Crippen LogP contribution is 2.16. The summed E-state index contributed by atoms with van der Waals surface area (Å²) in [7, 11) is 0. The van der Waals surface area contributed by atoms with Crippen LogP contribution in [0.15, 0.2) is 134 Å². The largest absolute Gasteiger partial charge is 0.462 e. The van der Waals surface area contributed by atoms with Gasteiger partial charge in [0, 0.05) is 12.8 Å². The molecule has 0 amide bonds. The van der Waals surface area contributed by atoms with Gasteiger partial charge in [-0.1, -0.05) is 309 Å². The zero-order chi connectivity index (χ0) is 57.1. The molecule has 6 nitrogen and oxygen atoms in total. The highest BCUT2D eigenvalue weighted by atomic mass is 16.6. The number of allylic oxidation sites excluding steroid dienone is 21. The maximum absolute atomic E-state index is 12.9. The summed E-state index contributed by atoms with van der Waals surface area (Å²) in [6.07, 6.45) is 93.4.